The maximum Gasteiger partial charge on any atom is 0.282 e. The van der Waals surface area contributed by atoms with Gasteiger partial charge >= 0.3 is 0 Å². The second kappa shape index (κ2) is 7.69. The molecule has 0 N–H and O–H groups in total. The first-order valence-electron chi connectivity index (χ1n) is 9.76. The van der Waals surface area contributed by atoms with Gasteiger partial charge in [-0.15, -0.1) is 0 Å². The average Bonchev–Trinajstić information content (AvgIpc) is 2.96. The fourth-order valence-corrected chi connectivity index (χ4v) is 4.30. The molecule has 4 aromatic rings. The first kappa shape index (κ1) is 20.3. The van der Waals surface area contributed by atoms with Crippen LogP contribution in [0.25, 0.3) is 16.6 Å². The molecular formula is C24H23BrN4O. The van der Waals surface area contributed by atoms with Crippen molar-refractivity contribution in [2.45, 2.75) is 34.6 Å². The molecule has 0 unspecified atom stereocenters. The number of aromatic nitrogens is 3. The average molecular weight is 463 g/mol. The van der Waals surface area contributed by atoms with E-state index in [-0.39, 0.29) is 5.56 Å². The summed E-state index contributed by atoms with van der Waals surface area (Å²) in [6.45, 7) is 10.2. The van der Waals surface area contributed by atoms with Crippen LogP contribution in [-0.4, -0.2) is 20.4 Å². The largest absolute Gasteiger partial charge is 0.317 e. The maximum atomic E-state index is 13.0. The number of para-hydroxylation sites is 1. The molecule has 30 heavy (non-hydrogen) atoms. The zero-order valence-electron chi connectivity index (χ0n) is 17.7. The van der Waals surface area contributed by atoms with Gasteiger partial charge in [0.25, 0.3) is 5.56 Å². The van der Waals surface area contributed by atoms with Crippen molar-refractivity contribution >= 4 is 33.0 Å². The number of nitrogens with zero attached hydrogens (tertiary/aromatic N) is 4. The van der Waals surface area contributed by atoms with Gasteiger partial charge in [-0.1, -0.05) is 34.1 Å². The maximum absolute atomic E-state index is 13.0. The summed E-state index contributed by atoms with van der Waals surface area (Å²) in [7, 11) is 0. The van der Waals surface area contributed by atoms with Crippen LogP contribution in [0.4, 0.5) is 0 Å². The molecule has 2 heterocycles. The van der Waals surface area contributed by atoms with E-state index in [0.717, 1.165) is 21.4 Å². The lowest BCUT2D eigenvalue weighted by atomic mass is 10.1. The monoisotopic (exact) mass is 462 g/mol. The van der Waals surface area contributed by atoms with Gasteiger partial charge in [-0.2, -0.15) is 9.78 Å². The predicted molar refractivity (Wildman–Crippen MR) is 126 cm³/mol. The third-order valence-corrected chi connectivity index (χ3v) is 5.91. The van der Waals surface area contributed by atoms with Crippen LogP contribution in [0.3, 0.4) is 0 Å². The van der Waals surface area contributed by atoms with Crippen LogP contribution in [0.15, 0.2) is 56.8 Å². The van der Waals surface area contributed by atoms with Gasteiger partial charge < -0.3 is 4.57 Å². The Morgan fingerprint density at radius 1 is 1.00 bits per heavy atom. The topological polar surface area (TPSA) is 52.2 Å². The summed E-state index contributed by atoms with van der Waals surface area (Å²) >= 11 is 3.42. The third-order valence-electron chi connectivity index (χ3n) is 5.42. The second-order valence-electron chi connectivity index (χ2n) is 7.58. The molecule has 2 aromatic heterocycles. The van der Waals surface area contributed by atoms with Crippen molar-refractivity contribution in [1.82, 2.24) is 14.2 Å². The first-order chi connectivity index (χ1) is 14.3. The van der Waals surface area contributed by atoms with E-state index >= 15 is 0 Å². The summed E-state index contributed by atoms with van der Waals surface area (Å²) in [5, 5.41) is 5.03. The Labute approximate surface area is 183 Å². The number of hydrogen-bond acceptors (Lipinski definition) is 3. The normalized spacial score (nSPS) is 11.7. The van der Waals surface area contributed by atoms with Crippen molar-refractivity contribution < 1.29 is 0 Å². The van der Waals surface area contributed by atoms with Gasteiger partial charge in [0.2, 0.25) is 0 Å². The number of rotatable bonds is 3. The number of fused-ring (bicyclic) bond motifs is 1. The highest BCUT2D eigenvalue weighted by Gasteiger charge is 2.14. The fraction of sp³-hybridized carbons (Fsp3) is 0.208. The molecule has 0 saturated carbocycles. The van der Waals surface area contributed by atoms with Gasteiger partial charge in [-0.05, 0) is 70.0 Å². The summed E-state index contributed by atoms with van der Waals surface area (Å²) in [6, 6.07) is 13.9. The Hall–Kier alpha value is -2.99. The van der Waals surface area contributed by atoms with Crippen molar-refractivity contribution in [2.75, 3.05) is 0 Å². The Bertz CT molecular complexity index is 1360. The van der Waals surface area contributed by atoms with Crippen molar-refractivity contribution in [3.8, 4) is 5.69 Å². The van der Waals surface area contributed by atoms with Gasteiger partial charge in [-0.3, -0.25) is 4.79 Å². The van der Waals surface area contributed by atoms with E-state index in [1.165, 1.54) is 21.5 Å². The van der Waals surface area contributed by atoms with Crippen LogP contribution < -0.4 is 5.56 Å². The molecular weight excluding hydrogens is 440 g/mol. The lowest BCUT2D eigenvalue weighted by molar-refractivity contribution is 0.770. The fourth-order valence-electron chi connectivity index (χ4n) is 3.94. The molecule has 0 aliphatic heterocycles. The van der Waals surface area contributed by atoms with Crippen LogP contribution in [0.1, 0.15) is 33.9 Å². The van der Waals surface area contributed by atoms with Crippen molar-refractivity contribution in [3.63, 3.8) is 0 Å². The molecule has 0 radical (unpaired) electrons. The van der Waals surface area contributed by atoms with E-state index in [0.29, 0.717) is 16.7 Å². The Kier molecular flexibility index (Phi) is 5.20. The molecule has 0 amide bonds. The Morgan fingerprint density at radius 2 is 1.70 bits per heavy atom. The van der Waals surface area contributed by atoms with Crippen molar-refractivity contribution in [1.29, 1.82) is 0 Å². The quantitative estimate of drug-likeness (QED) is 0.384. The van der Waals surface area contributed by atoms with E-state index in [4.69, 9.17) is 0 Å². The molecule has 5 nitrogen and oxygen atoms in total. The van der Waals surface area contributed by atoms with Gasteiger partial charge in [0, 0.05) is 21.4 Å². The third kappa shape index (κ3) is 3.41. The molecule has 0 saturated heterocycles. The standard InChI is InChI=1S/C24H23BrN4O/c1-14-7-6-8-15(2)23(14)28-16(3)11-19(17(28)4)13-26-29-18(5)27-22-10-9-20(25)12-21(22)24(29)30/h6-13H,1-5H3. The van der Waals surface area contributed by atoms with E-state index < -0.39 is 0 Å². The molecule has 0 bridgehead atoms. The Morgan fingerprint density at radius 3 is 2.40 bits per heavy atom. The van der Waals surface area contributed by atoms with Crippen LogP contribution in [0, 0.1) is 34.6 Å². The second-order valence-corrected chi connectivity index (χ2v) is 8.50. The van der Waals surface area contributed by atoms with Crippen LogP contribution in [0.5, 0.6) is 0 Å². The summed E-state index contributed by atoms with van der Waals surface area (Å²) in [4.78, 5) is 17.5. The highest BCUT2D eigenvalue weighted by molar-refractivity contribution is 9.10. The van der Waals surface area contributed by atoms with Gasteiger partial charge in [0.15, 0.2) is 0 Å². The zero-order valence-corrected chi connectivity index (χ0v) is 19.3. The number of aryl methyl sites for hydroxylation is 4. The Balaban J connectivity index is 1.82. The molecule has 0 spiro atoms. The van der Waals surface area contributed by atoms with E-state index in [9.17, 15) is 4.79 Å². The summed E-state index contributed by atoms with van der Waals surface area (Å²) in [6.07, 6.45) is 1.74. The molecule has 0 aliphatic carbocycles. The predicted octanol–water partition coefficient (Wildman–Crippen LogP) is 5.37. The smallest absolute Gasteiger partial charge is 0.282 e. The van der Waals surface area contributed by atoms with Crippen LogP contribution >= 0.6 is 15.9 Å². The van der Waals surface area contributed by atoms with Gasteiger partial charge in [-0.25, -0.2) is 4.98 Å². The minimum absolute atomic E-state index is 0.182. The molecule has 2 aromatic carbocycles. The van der Waals surface area contributed by atoms with Crippen LogP contribution in [0.2, 0.25) is 0 Å². The number of halogens is 1. The van der Waals surface area contributed by atoms with Crippen molar-refractivity contribution in [2.24, 2.45) is 5.10 Å². The number of hydrogen-bond donors (Lipinski definition) is 0. The van der Waals surface area contributed by atoms with Crippen LogP contribution in [-0.2, 0) is 0 Å². The molecule has 6 heteroatoms. The molecule has 4 rings (SSSR count). The summed E-state index contributed by atoms with van der Waals surface area (Å²) in [5.74, 6) is 0.551. The van der Waals surface area contributed by atoms with Gasteiger partial charge in [0.1, 0.15) is 5.82 Å². The van der Waals surface area contributed by atoms with E-state index in [1.807, 2.05) is 12.1 Å². The minimum Gasteiger partial charge on any atom is -0.317 e. The van der Waals surface area contributed by atoms with Crippen molar-refractivity contribution in [3.05, 3.63) is 91.2 Å². The molecule has 0 fully saturated rings. The first-order valence-corrected chi connectivity index (χ1v) is 10.6. The minimum atomic E-state index is -0.182. The number of benzene rings is 2. The molecule has 0 atom stereocenters. The highest BCUT2D eigenvalue weighted by Crippen LogP contribution is 2.25. The van der Waals surface area contributed by atoms with E-state index in [1.54, 1.807) is 19.2 Å². The SMILES string of the molecule is Cc1cccc(C)c1-n1c(C)cc(C=Nn2c(C)nc3ccc(Br)cc3c2=O)c1C. The summed E-state index contributed by atoms with van der Waals surface area (Å²) in [5.41, 5.74) is 7.28. The zero-order chi connectivity index (χ0) is 21.6. The lowest BCUT2D eigenvalue weighted by Crippen LogP contribution is -2.20. The lowest BCUT2D eigenvalue weighted by Gasteiger charge is -2.15. The molecule has 0 aliphatic rings. The highest BCUT2D eigenvalue weighted by atomic mass is 79.9. The van der Waals surface area contributed by atoms with E-state index in [2.05, 4.69) is 82.5 Å². The molecule has 152 valence electrons. The van der Waals surface area contributed by atoms with Gasteiger partial charge in [0.05, 0.1) is 22.8 Å². The summed E-state index contributed by atoms with van der Waals surface area (Å²) < 4.78 is 4.45.